The molecule has 1 heterocycles. The fourth-order valence-electron chi connectivity index (χ4n) is 2.36. The molecule has 1 unspecified atom stereocenters. The first-order valence-corrected chi connectivity index (χ1v) is 7.34. The number of amides is 1. The van der Waals surface area contributed by atoms with Crippen LogP contribution in [0.25, 0.3) is 0 Å². The minimum absolute atomic E-state index is 0.0818. The number of carbonyl (C=O) groups excluding carboxylic acids is 1. The van der Waals surface area contributed by atoms with Gasteiger partial charge in [0.25, 0.3) is 0 Å². The lowest BCUT2D eigenvalue weighted by molar-refractivity contribution is -0.121. The first-order valence-electron chi connectivity index (χ1n) is 7.34. The van der Waals surface area contributed by atoms with Crippen LogP contribution < -0.4 is 10.6 Å². The lowest BCUT2D eigenvalue weighted by Gasteiger charge is -2.12. The van der Waals surface area contributed by atoms with Crippen LogP contribution in [-0.4, -0.2) is 31.7 Å². The molecule has 0 radical (unpaired) electrons. The molecule has 0 spiro atoms. The van der Waals surface area contributed by atoms with E-state index in [9.17, 15) is 4.79 Å². The molecule has 1 amide bonds. The summed E-state index contributed by atoms with van der Waals surface area (Å²) in [6.07, 6.45) is 2.86. The normalized spacial score (nSPS) is 18.0. The average molecular weight is 276 g/mol. The van der Waals surface area contributed by atoms with Crippen LogP contribution in [0.4, 0.5) is 5.69 Å². The summed E-state index contributed by atoms with van der Waals surface area (Å²) in [5.41, 5.74) is 3.54. The van der Waals surface area contributed by atoms with Gasteiger partial charge in [-0.1, -0.05) is 12.1 Å². The molecule has 2 N–H and O–H groups in total. The maximum absolute atomic E-state index is 11.7. The van der Waals surface area contributed by atoms with Crippen LogP contribution in [-0.2, 0) is 9.53 Å². The second-order valence-corrected chi connectivity index (χ2v) is 5.43. The first kappa shape index (κ1) is 14.9. The van der Waals surface area contributed by atoms with Crippen molar-refractivity contribution in [1.29, 1.82) is 0 Å². The Bertz CT molecular complexity index is 454. The molecule has 0 aromatic heterocycles. The number of benzene rings is 1. The van der Waals surface area contributed by atoms with Gasteiger partial charge in [0.05, 0.1) is 6.10 Å². The third-order valence-electron chi connectivity index (χ3n) is 3.61. The monoisotopic (exact) mass is 276 g/mol. The number of carbonyl (C=O) groups is 1. The largest absolute Gasteiger partial charge is 0.384 e. The molecule has 1 aliphatic rings. The van der Waals surface area contributed by atoms with Crippen LogP contribution in [0.5, 0.6) is 0 Å². The van der Waals surface area contributed by atoms with Crippen molar-refractivity contribution in [3.05, 3.63) is 29.3 Å². The molecule has 4 nitrogen and oxygen atoms in total. The molecular weight excluding hydrogens is 252 g/mol. The van der Waals surface area contributed by atoms with Gasteiger partial charge in [-0.2, -0.15) is 0 Å². The van der Waals surface area contributed by atoms with Crippen molar-refractivity contribution in [2.75, 3.05) is 25.0 Å². The van der Waals surface area contributed by atoms with Gasteiger partial charge in [0.15, 0.2) is 0 Å². The molecule has 4 heteroatoms. The fraction of sp³-hybridized carbons (Fsp3) is 0.562. The Kier molecular flexibility index (Phi) is 5.41. The lowest BCUT2D eigenvalue weighted by Crippen LogP contribution is -2.32. The molecule has 110 valence electrons. The Morgan fingerprint density at radius 3 is 3.00 bits per heavy atom. The topological polar surface area (TPSA) is 50.4 Å². The van der Waals surface area contributed by atoms with E-state index in [2.05, 4.69) is 42.7 Å². The number of rotatable bonds is 6. The van der Waals surface area contributed by atoms with Crippen LogP contribution in [0, 0.1) is 13.8 Å². The molecule has 1 aromatic carbocycles. The van der Waals surface area contributed by atoms with Crippen molar-refractivity contribution >= 4 is 11.6 Å². The van der Waals surface area contributed by atoms with E-state index in [1.165, 1.54) is 11.1 Å². The zero-order valence-corrected chi connectivity index (χ0v) is 12.4. The molecule has 1 saturated heterocycles. The van der Waals surface area contributed by atoms with Crippen LogP contribution in [0.3, 0.4) is 0 Å². The van der Waals surface area contributed by atoms with Gasteiger partial charge in [-0.25, -0.2) is 0 Å². The van der Waals surface area contributed by atoms with Crippen LogP contribution in [0.1, 0.15) is 30.4 Å². The average Bonchev–Trinajstić information content (AvgIpc) is 2.93. The number of hydrogen-bond acceptors (Lipinski definition) is 3. The summed E-state index contributed by atoms with van der Waals surface area (Å²) in [5.74, 6) is 0.0818. The molecule has 0 aliphatic carbocycles. The van der Waals surface area contributed by atoms with Crippen molar-refractivity contribution in [2.45, 2.75) is 39.2 Å². The highest BCUT2D eigenvalue weighted by Crippen LogP contribution is 2.16. The summed E-state index contributed by atoms with van der Waals surface area (Å²) in [5, 5.41) is 6.25. The van der Waals surface area contributed by atoms with Gasteiger partial charge in [-0.05, 0) is 43.9 Å². The number of ether oxygens (including phenoxy) is 1. The molecule has 1 aromatic rings. The molecule has 2 rings (SSSR count). The van der Waals surface area contributed by atoms with Crippen molar-refractivity contribution in [3.8, 4) is 0 Å². The van der Waals surface area contributed by atoms with Crippen molar-refractivity contribution in [3.63, 3.8) is 0 Å². The Labute approximate surface area is 120 Å². The fourth-order valence-corrected chi connectivity index (χ4v) is 2.36. The SMILES string of the molecule is Cc1ccc(C)c(NCCC(=O)NCC2CCCO2)c1. The molecule has 1 atom stereocenters. The molecule has 20 heavy (non-hydrogen) atoms. The minimum Gasteiger partial charge on any atom is -0.384 e. The van der Waals surface area contributed by atoms with Gasteiger partial charge < -0.3 is 15.4 Å². The van der Waals surface area contributed by atoms with E-state index in [1.807, 2.05) is 0 Å². The van der Waals surface area contributed by atoms with Crippen LogP contribution in [0.2, 0.25) is 0 Å². The molecule has 0 saturated carbocycles. The third-order valence-corrected chi connectivity index (χ3v) is 3.61. The van der Waals surface area contributed by atoms with E-state index in [4.69, 9.17) is 4.74 Å². The summed E-state index contributed by atoms with van der Waals surface area (Å²) < 4.78 is 5.48. The standard InChI is InChI=1S/C16H24N2O2/c1-12-5-6-13(2)15(10-12)17-8-7-16(19)18-11-14-4-3-9-20-14/h5-6,10,14,17H,3-4,7-9,11H2,1-2H3,(H,18,19). The van der Waals surface area contributed by atoms with Crippen molar-refractivity contribution < 1.29 is 9.53 Å². The molecule has 1 fully saturated rings. The van der Waals surface area contributed by atoms with Crippen molar-refractivity contribution in [2.24, 2.45) is 0 Å². The zero-order chi connectivity index (χ0) is 14.4. The van der Waals surface area contributed by atoms with E-state index in [0.717, 1.165) is 25.1 Å². The van der Waals surface area contributed by atoms with Gasteiger partial charge in [-0.15, -0.1) is 0 Å². The summed E-state index contributed by atoms with van der Waals surface area (Å²) >= 11 is 0. The highest BCUT2D eigenvalue weighted by Gasteiger charge is 2.15. The summed E-state index contributed by atoms with van der Waals surface area (Å²) in [4.78, 5) is 11.7. The molecular formula is C16H24N2O2. The lowest BCUT2D eigenvalue weighted by atomic mass is 10.1. The zero-order valence-electron chi connectivity index (χ0n) is 12.4. The van der Waals surface area contributed by atoms with Crippen LogP contribution in [0.15, 0.2) is 18.2 Å². The summed E-state index contributed by atoms with van der Waals surface area (Å²) in [6.45, 7) is 6.26. The number of nitrogens with one attached hydrogen (secondary N) is 2. The Morgan fingerprint density at radius 2 is 2.25 bits per heavy atom. The van der Waals surface area contributed by atoms with Gasteiger partial charge in [0.1, 0.15) is 0 Å². The Morgan fingerprint density at radius 1 is 1.40 bits per heavy atom. The van der Waals surface area contributed by atoms with Gasteiger partial charge in [0.2, 0.25) is 5.91 Å². The van der Waals surface area contributed by atoms with E-state index in [1.54, 1.807) is 0 Å². The Hall–Kier alpha value is -1.55. The third kappa shape index (κ3) is 4.53. The highest BCUT2D eigenvalue weighted by atomic mass is 16.5. The predicted molar refractivity (Wildman–Crippen MR) is 81.0 cm³/mol. The Balaban J connectivity index is 1.66. The van der Waals surface area contributed by atoms with Gasteiger partial charge in [-0.3, -0.25) is 4.79 Å². The number of hydrogen-bond donors (Lipinski definition) is 2. The van der Waals surface area contributed by atoms with Gasteiger partial charge >= 0.3 is 0 Å². The summed E-state index contributed by atoms with van der Waals surface area (Å²) in [7, 11) is 0. The first-order chi connectivity index (χ1) is 9.65. The second-order valence-electron chi connectivity index (χ2n) is 5.43. The van der Waals surface area contributed by atoms with Crippen molar-refractivity contribution in [1.82, 2.24) is 5.32 Å². The quantitative estimate of drug-likeness (QED) is 0.839. The van der Waals surface area contributed by atoms with E-state index in [0.29, 0.717) is 19.5 Å². The van der Waals surface area contributed by atoms with Crippen LogP contribution >= 0.6 is 0 Å². The molecule has 1 aliphatic heterocycles. The van der Waals surface area contributed by atoms with E-state index >= 15 is 0 Å². The highest BCUT2D eigenvalue weighted by molar-refractivity contribution is 5.76. The van der Waals surface area contributed by atoms with E-state index in [-0.39, 0.29) is 12.0 Å². The molecule has 0 bridgehead atoms. The van der Waals surface area contributed by atoms with E-state index < -0.39 is 0 Å². The number of anilines is 1. The maximum Gasteiger partial charge on any atom is 0.221 e. The predicted octanol–water partition coefficient (Wildman–Crippen LogP) is 2.40. The minimum atomic E-state index is 0.0818. The maximum atomic E-state index is 11.7. The van der Waals surface area contributed by atoms with Gasteiger partial charge in [0, 0.05) is 31.8 Å². The smallest absolute Gasteiger partial charge is 0.221 e. The number of aryl methyl sites for hydroxylation is 2. The second kappa shape index (κ2) is 7.29. The summed E-state index contributed by atoms with van der Waals surface area (Å²) in [6, 6.07) is 6.30.